The second kappa shape index (κ2) is 9.64. The third-order valence-electron chi connectivity index (χ3n) is 3.64. The summed E-state index contributed by atoms with van der Waals surface area (Å²) in [6.07, 6.45) is 6.33. The number of carbonyl (C=O) groups excluding carboxylic acids is 1. The molecule has 0 radical (unpaired) electrons. The van der Waals surface area contributed by atoms with Crippen LogP contribution < -0.4 is 6.15 Å². The maximum atomic E-state index is 11.2. The van der Waals surface area contributed by atoms with Crippen LogP contribution >= 0.6 is 0 Å². The van der Waals surface area contributed by atoms with Gasteiger partial charge in [0.25, 0.3) is 0 Å². The molecule has 16 heavy (non-hydrogen) atoms. The van der Waals surface area contributed by atoms with Gasteiger partial charge in [-0.2, -0.15) is 0 Å². The summed E-state index contributed by atoms with van der Waals surface area (Å²) in [6, 6.07) is 0. The topological polar surface area (TPSA) is 61.3 Å². The van der Waals surface area contributed by atoms with Crippen LogP contribution in [0.4, 0.5) is 0 Å². The molecule has 0 atom stereocenters. The van der Waals surface area contributed by atoms with Crippen molar-refractivity contribution >= 4 is 5.97 Å². The highest BCUT2D eigenvalue weighted by Crippen LogP contribution is 2.35. The van der Waals surface area contributed by atoms with Gasteiger partial charge in [0.2, 0.25) is 0 Å². The molecule has 0 aromatic heterocycles. The van der Waals surface area contributed by atoms with Gasteiger partial charge in [-0.1, -0.05) is 40.0 Å². The number of rotatable bonds is 8. The number of ether oxygens (including phenoxy) is 1. The van der Waals surface area contributed by atoms with Crippen LogP contribution in [0.1, 0.15) is 66.2 Å². The molecule has 0 saturated heterocycles. The Morgan fingerprint density at radius 1 is 1.06 bits per heavy atom. The van der Waals surface area contributed by atoms with E-state index in [9.17, 15) is 4.79 Å². The molecule has 0 aliphatic carbocycles. The Balaban J connectivity index is 0. The van der Waals surface area contributed by atoms with Crippen LogP contribution in [0.3, 0.4) is 0 Å². The molecule has 3 N–H and O–H groups in total. The highest BCUT2D eigenvalue weighted by Gasteiger charge is 2.23. The van der Waals surface area contributed by atoms with Crippen LogP contribution in [0.5, 0.6) is 0 Å². The van der Waals surface area contributed by atoms with Crippen LogP contribution in [0.25, 0.3) is 0 Å². The summed E-state index contributed by atoms with van der Waals surface area (Å²) in [5.41, 5.74) is 0.451. The Morgan fingerprint density at radius 3 is 1.94 bits per heavy atom. The van der Waals surface area contributed by atoms with Crippen LogP contribution in [-0.4, -0.2) is 12.6 Å². The van der Waals surface area contributed by atoms with Crippen LogP contribution in [0, 0.1) is 5.41 Å². The molecule has 0 fully saturated rings. The molecule has 0 rings (SSSR count). The van der Waals surface area contributed by atoms with Crippen molar-refractivity contribution in [2.45, 2.75) is 66.2 Å². The van der Waals surface area contributed by atoms with E-state index in [1.54, 1.807) is 0 Å². The van der Waals surface area contributed by atoms with Crippen molar-refractivity contribution in [3.63, 3.8) is 0 Å². The quantitative estimate of drug-likeness (QED) is 0.640. The van der Waals surface area contributed by atoms with Crippen molar-refractivity contribution in [2.24, 2.45) is 5.41 Å². The van der Waals surface area contributed by atoms with Crippen molar-refractivity contribution < 1.29 is 9.53 Å². The third-order valence-corrected chi connectivity index (χ3v) is 3.64. The molecule has 98 valence electrons. The summed E-state index contributed by atoms with van der Waals surface area (Å²) in [6.45, 7) is 9.09. The summed E-state index contributed by atoms with van der Waals surface area (Å²) >= 11 is 0. The molecule has 3 heteroatoms. The summed E-state index contributed by atoms with van der Waals surface area (Å²) in [5.74, 6) is -0.0466. The lowest BCUT2D eigenvalue weighted by Crippen LogP contribution is -2.18. The van der Waals surface area contributed by atoms with Crippen LogP contribution in [-0.2, 0) is 9.53 Å². The van der Waals surface area contributed by atoms with Crippen molar-refractivity contribution in [3.05, 3.63) is 0 Å². The van der Waals surface area contributed by atoms with Gasteiger partial charge in [0, 0.05) is 6.42 Å². The van der Waals surface area contributed by atoms with E-state index < -0.39 is 0 Å². The summed E-state index contributed by atoms with van der Waals surface area (Å²) in [4.78, 5) is 11.2. The maximum Gasteiger partial charge on any atom is 0.305 e. The first kappa shape index (κ1) is 17.8. The molecule has 0 heterocycles. The Hall–Kier alpha value is -0.570. The minimum absolute atomic E-state index is 0. The van der Waals surface area contributed by atoms with Crippen molar-refractivity contribution in [2.75, 3.05) is 6.61 Å². The van der Waals surface area contributed by atoms with Crippen molar-refractivity contribution in [3.8, 4) is 0 Å². The number of hydrogen-bond donors (Lipinski definition) is 1. The van der Waals surface area contributed by atoms with Gasteiger partial charge in [-0.25, -0.2) is 0 Å². The molecule has 0 spiro atoms. The minimum Gasteiger partial charge on any atom is -0.466 e. The fraction of sp³-hybridized carbons (Fsp3) is 0.923. The molecular weight excluding hydrogens is 202 g/mol. The predicted molar refractivity (Wildman–Crippen MR) is 68.8 cm³/mol. The lowest BCUT2D eigenvalue weighted by Gasteiger charge is -2.30. The van der Waals surface area contributed by atoms with E-state index in [0.717, 1.165) is 12.8 Å². The largest absolute Gasteiger partial charge is 0.466 e. The molecule has 3 nitrogen and oxygen atoms in total. The van der Waals surface area contributed by atoms with Crippen LogP contribution in [0.2, 0.25) is 0 Å². The van der Waals surface area contributed by atoms with Gasteiger partial charge in [-0.3, -0.25) is 4.79 Å². The molecule has 0 aromatic rings. The van der Waals surface area contributed by atoms with E-state index in [4.69, 9.17) is 4.74 Å². The molecule has 0 aliphatic rings. The Bertz CT molecular complexity index is 169. The van der Waals surface area contributed by atoms with Gasteiger partial charge >= 0.3 is 5.97 Å². The van der Waals surface area contributed by atoms with Crippen LogP contribution in [0.15, 0.2) is 0 Å². The van der Waals surface area contributed by atoms with Crippen molar-refractivity contribution in [1.29, 1.82) is 0 Å². The van der Waals surface area contributed by atoms with Gasteiger partial charge in [-0.05, 0) is 25.2 Å². The fourth-order valence-corrected chi connectivity index (χ4v) is 2.12. The standard InChI is InChI=1S/C13H26O2.H3N/c1-5-13(6-2,7-3)11-9-10-12(14)15-8-4;/h5-11H2,1-4H3;1H3. The number of esters is 1. The van der Waals surface area contributed by atoms with E-state index in [1.807, 2.05) is 6.92 Å². The number of hydrogen-bond acceptors (Lipinski definition) is 3. The number of carbonyl (C=O) groups is 1. The monoisotopic (exact) mass is 231 g/mol. The van der Waals surface area contributed by atoms with E-state index in [-0.39, 0.29) is 12.1 Å². The Morgan fingerprint density at radius 2 is 1.56 bits per heavy atom. The first-order chi connectivity index (χ1) is 7.14. The lowest BCUT2D eigenvalue weighted by atomic mass is 9.76. The fourth-order valence-electron chi connectivity index (χ4n) is 2.12. The van der Waals surface area contributed by atoms with Gasteiger partial charge < -0.3 is 10.9 Å². The minimum atomic E-state index is -0.0466. The van der Waals surface area contributed by atoms with E-state index in [2.05, 4.69) is 20.8 Å². The zero-order chi connectivity index (χ0) is 11.7. The molecule has 0 amide bonds. The Kier molecular flexibility index (Phi) is 10.7. The maximum absolute atomic E-state index is 11.2. The normalized spacial score (nSPS) is 10.8. The average Bonchev–Trinajstić information content (AvgIpc) is 2.25. The lowest BCUT2D eigenvalue weighted by molar-refractivity contribution is -0.143. The molecular formula is C13H29NO2. The van der Waals surface area contributed by atoms with Crippen molar-refractivity contribution in [1.82, 2.24) is 6.15 Å². The van der Waals surface area contributed by atoms with Gasteiger partial charge in [0.15, 0.2) is 0 Å². The highest BCUT2D eigenvalue weighted by atomic mass is 16.5. The molecule has 0 bridgehead atoms. The van der Waals surface area contributed by atoms with Gasteiger partial charge in [-0.15, -0.1) is 0 Å². The first-order valence-corrected chi connectivity index (χ1v) is 6.29. The third kappa shape index (κ3) is 6.11. The predicted octanol–water partition coefficient (Wildman–Crippen LogP) is 4.10. The highest BCUT2D eigenvalue weighted by molar-refractivity contribution is 5.69. The summed E-state index contributed by atoms with van der Waals surface area (Å²) < 4.78 is 4.92. The van der Waals surface area contributed by atoms with E-state index in [1.165, 1.54) is 19.3 Å². The van der Waals surface area contributed by atoms with E-state index >= 15 is 0 Å². The average molecular weight is 231 g/mol. The molecule has 0 unspecified atom stereocenters. The SMILES string of the molecule is CCOC(=O)CCCC(CC)(CC)CC.N. The van der Waals surface area contributed by atoms with Gasteiger partial charge in [0.1, 0.15) is 0 Å². The molecule has 0 saturated carbocycles. The zero-order valence-electron chi connectivity index (χ0n) is 11.5. The van der Waals surface area contributed by atoms with E-state index in [0.29, 0.717) is 18.4 Å². The second-order valence-electron chi connectivity index (χ2n) is 4.22. The Labute approximate surface area is 101 Å². The summed E-state index contributed by atoms with van der Waals surface area (Å²) in [5, 5.41) is 0. The van der Waals surface area contributed by atoms with Gasteiger partial charge in [0.05, 0.1) is 6.61 Å². The molecule has 0 aromatic carbocycles. The smallest absolute Gasteiger partial charge is 0.305 e. The zero-order valence-corrected chi connectivity index (χ0v) is 11.5. The summed E-state index contributed by atoms with van der Waals surface area (Å²) in [7, 11) is 0. The molecule has 0 aliphatic heterocycles. The second-order valence-corrected chi connectivity index (χ2v) is 4.22. The first-order valence-electron chi connectivity index (χ1n) is 6.29.